The van der Waals surface area contributed by atoms with Crippen molar-refractivity contribution in [3.8, 4) is 0 Å². The zero-order chi connectivity index (χ0) is 11.1. The van der Waals surface area contributed by atoms with Crippen molar-refractivity contribution in [2.45, 2.75) is 44.6 Å². The van der Waals surface area contributed by atoms with Gasteiger partial charge in [-0.25, -0.2) is 0 Å². The molecule has 3 N–H and O–H groups in total. The molecule has 0 saturated carbocycles. The van der Waals surface area contributed by atoms with Crippen LogP contribution in [0.2, 0.25) is 0 Å². The minimum absolute atomic E-state index is 0.319. The SMILES string of the molecule is CC1CCc2c(N3CCCC(N)C3)n[nH]c21. The lowest BCUT2D eigenvalue weighted by Gasteiger charge is -2.31. The normalized spacial score (nSPS) is 29.5. The van der Waals surface area contributed by atoms with E-state index in [2.05, 4.69) is 22.0 Å². The molecule has 4 heteroatoms. The van der Waals surface area contributed by atoms with Gasteiger partial charge in [-0.15, -0.1) is 0 Å². The summed E-state index contributed by atoms with van der Waals surface area (Å²) in [7, 11) is 0. The highest BCUT2D eigenvalue weighted by molar-refractivity contribution is 5.52. The Kier molecular flexibility index (Phi) is 2.39. The van der Waals surface area contributed by atoms with Crippen LogP contribution < -0.4 is 10.6 Å². The summed E-state index contributed by atoms with van der Waals surface area (Å²) in [5, 5.41) is 7.71. The molecule has 4 nitrogen and oxygen atoms in total. The Morgan fingerprint density at radius 1 is 1.44 bits per heavy atom. The van der Waals surface area contributed by atoms with Gasteiger partial charge in [-0.2, -0.15) is 5.10 Å². The van der Waals surface area contributed by atoms with Crippen molar-refractivity contribution in [1.82, 2.24) is 10.2 Å². The molecule has 1 saturated heterocycles. The van der Waals surface area contributed by atoms with Crippen LogP contribution in [0.5, 0.6) is 0 Å². The molecule has 0 amide bonds. The molecule has 0 bridgehead atoms. The Morgan fingerprint density at radius 2 is 2.31 bits per heavy atom. The van der Waals surface area contributed by atoms with Gasteiger partial charge in [-0.05, 0) is 31.6 Å². The number of aromatic amines is 1. The number of nitrogens with two attached hydrogens (primary N) is 1. The van der Waals surface area contributed by atoms with Gasteiger partial charge in [0.2, 0.25) is 0 Å². The summed E-state index contributed by atoms with van der Waals surface area (Å²) in [6, 6.07) is 0.319. The molecule has 2 atom stereocenters. The number of piperidine rings is 1. The Hall–Kier alpha value is -1.03. The van der Waals surface area contributed by atoms with E-state index in [0.717, 1.165) is 19.5 Å². The van der Waals surface area contributed by atoms with E-state index in [1.807, 2.05) is 0 Å². The molecular formula is C12H20N4. The van der Waals surface area contributed by atoms with E-state index in [1.165, 1.54) is 36.3 Å². The van der Waals surface area contributed by atoms with Gasteiger partial charge in [0.25, 0.3) is 0 Å². The second-order valence-electron chi connectivity index (χ2n) is 5.23. The molecule has 0 radical (unpaired) electrons. The molecular weight excluding hydrogens is 200 g/mol. The number of hydrogen-bond donors (Lipinski definition) is 2. The highest BCUT2D eigenvalue weighted by Crippen LogP contribution is 2.36. The van der Waals surface area contributed by atoms with Gasteiger partial charge in [0.05, 0.1) is 0 Å². The van der Waals surface area contributed by atoms with Crippen LogP contribution in [0.1, 0.15) is 43.4 Å². The molecule has 88 valence electrons. The van der Waals surface area contributed by atoms with Crippen LogP contribution in [0.15, 0.2) is 0 Å². The molecule has 3 rings (SSSR count). The van der Waals surface area contributed by atoms with E-state index in [-0.39, 0.29) is 0 Å². The molecule has 1 aliphatic carbocycles. The van der Waals surface area contributed by atoms with E-state index >= 15 is 0 Å². The second kappa shape index (κ2) is 3.77. The van der Waals surface area contributed by atoms with Crippen molar-refractivity contribution in [1.29, 1.82) is 0 Å². The fourth-order valence-corrected chi connectivity index (χ4v) is 2.99. The number of anilines is 1. The summed E-state index contributed by atoms with van der Waals surface area (Å²) in [6.07, 6.45) is 4.78. The molecule has 2 heterocycles. The van der Waals surface area contributed by atoms with E-state index in [4.69, 9.17) is 5.73 Å². The Morgan fingerprint density at radius 3 is 3.12 bits per heavy atom. The van der Waals surface area contributed by atoms with E-state index < -0.39 is 0 Å². The number of rotatable bonds is 1. The highest BCUT2D eigenvalue weighted by Gasteiger charge is 2.28. The number of nitrogens with zero attached hydrogens (tertiary/aromatic N) is 2. The Labute approximate surface area is 96.2 Å². The first-order valence-electron chi connectivity index (χ1n) is 6.33. The minimum Gasteiger partial charge on any atom is -0.353 e. The zero-order valence-electron chi connectivity index (χ0n) is 9.87. The molecule has 2 aliphatic rings. The maximum absolute atomic E-state index is 6.02. The van der Waals surface area contributed by atoms with Gasteiger partial charge in [0.1, 0.15) is 0 Å². The predicted octanol–water partition coefficient (Wildman–Crippen LogP) is 1.39. The summed E-state index contributed by atoms with van der Waals surface area (Å²) in [6.45, 7) is 4.35. The monoisotopic (exact) mass is 220 g/mol. The van der Waals surface area contributed by atoms with Gasteiger partial charge >= 0.3 is 0 Å². The summed E-state index contributed by atoms with van der Waals surface area (Å²) < 4.78 is 0. The Bertz CT molecular complexity index is 384. The molecule has 1 fully saturated rings. The van der Waals surface area contributed by atoms with Gasteiger partial charge < -0.3 is 10.6 Å². The zero-order valence-corrected chi connectivity index (χ0v) is 9.87. The number of H-pyrrole nitrogens is 1. The number of fused-ring (bicyclic) bond motifs is 1. The lowest BCUT2D eigenvalue weighted by molar-refractivity contribution is 0.502. The predicted molar refractivity (Wildman–Crippen MR) is 64.7 cm³/mol. The molecule has 1 aliphatic heterocycles. The molecule has 1 aromatic rings. The largest absolute Gasteiger partial charge is 0.353 e. The van der Waals surface area contributed by atoms with Gasteiger partial charge in [0, 0.05) is 30.4 Å². The topological polar surface area (TPSA) is 57.9 Å². The maximum atomic E-state index is 6.02. The van der Waals surface area contributed by atoms with Crippen molar-refractivity contribution < 1.29 is 0 Å². The van der Waals surface area contributed by atoms with Gasteiger partial charge in [0.15, 0.2) is 5.82 Å². The Balaban J connectivity index is 1.87. The van der Waals surface area contributed by atoms with Crippen molar-refractivity contribution in [2.75, 3.05) is 18.0 Å². The third kappa shape index (κ3) is 1.52. The van der Waals surface area contributed by atoms with E-state index in [9.17, 15) is 0 Å². The first kappa shape index (κ1) is 10.1. The fraction of sp³-hybridized carbons (Fsp3) is 0.750. The van der Waals surface area contributed by atoms with Crippen LogP contribution in [-0.2, 0) is 6.42 Å². The first-order chi connectivity index (χ1) is 7.75. The average molecular weight is 220 g/mol. The van der Waals surface area contributed by atoms with Gasteiger partial charge in [-0.3, -0.25) is 5.10 Å². The van der Waals surface area contributed by atoms with E-state index in [0.29, 0.717) is 12.0 Å². The molecule has 16 heavy (non-hydrogen) atoms. The van der Waals surface area contributed by atoms with Crippen molar-refractivity contribution in [2.24, 2.45) is 5.73 Å². The van der Waals surface area contributed by atoms with Crippen molar-refractivity contribution in [3.63, 3.8) is 0 Å². The minimum atomic E-state index is 0.319. The third-order valence-electron chi connectivity index (χ3n) is 3.95. The lowest BCUT2D eigenvalue weighted by atomic mass is 10.1. The van der Waals surface area contributed by atoms with Gasteiger partial charge in [-0.1, -0.05) is 6.92 Å². The van der Waals surface area contributed by atoms with Crippen LogP contribution in [0, 0.1) is 0 Å². The quantitative estimate of drug-likeness (QED) is 0.752. The molecule has 0 aromatic carbocycles. The molecule has 2 unspecified atom stereocenters. The van der Waals surface area contributed by atoms with Crippen LogP contribution in [0.25, 0.3) is 0 Å². The standard InChI is InChI=1S/C12H20N4/c1-8-4-5-10-11(8)14-15-12(10)16-6-2-3-9(13)7-16/h8-9H,2-7,13H2,1H3,(H,14,15). The first-order valence-corrected chi connectivity index (χ1v) is 6.33. The summed E-state index contributed by atoms with van der Waals surface area (Å²) in [5.41, 5.74) is 8.83. The summed E-state index contributed by atoms with van der Waals surface area (Å²) in [4.78, 5) is 2.36. The maximum Gasteiger partial charge on any atom is 0.153 e. The average Bonchev–Trinajstić information content (AvgIpc) is 2.82. The van der Waals surface area contributed by atoms with Crippen LogP contribution in [-0.4, -0.2) is 29.3 Å². The summed E-state index contributed by atoms with van der Waals surface area (Å²) >= 11 is 0. The number of hydrogen-bond acceptors (Lipinski definition) is 3. The highest BCUT2D eigenvalue weighted by atomic mass is 15.3. The number of aromatic nitrogens is 2. The lowest BCUT2D eigenvalue weighted by Crippen LogP contribution is -2.43. The molecule has 1 aromatic heterocycles. The summed E-state index contributed by atoms with van der Waals surface area (Å²) in [5.74, 6) is 1.82. The van der Waals surface area contributed by atoms with Crippen LogP contribution in [0.3, 0.4) is 0 Å². The molecule has 0 spiro atoms. The number of nitrogens with one attached hydrogen (secondary N) is 1. The third-order valence-corrected chi connectivity index (χ3v) is 3.95. The smallest absolute Gasteiger partial charge is 0.153 e. The van der Waals surface area contributed by atoms with Crippen LogP contribution in [0.4, 0.5) is 5.82 Å². The van der Waals surface area contributed by atoms with E-state index in [1.54, 1.807) is 0 Å². The van der Waals surface area contributed by atoms with Crippen LogP contribution >= 0.6 is 0 Å². The van der Waals surface area contributed by atoms with Crippen molar-refractivity contribution >= 4 is 5.82 Å². The van der Waals surface area contributed by atoms with Crippen molar-refractivity contribution in [3.05, 3.63) is 11.3 Å². The second-order valence-corrected chi connectivity index (χ2v) is 5.23. The fourth-order valence-electron chi connectivity index (χ4n) is 2.99.